The molecule has 0 amide bonds. The standard InChI is InChI=1S/C18H15F3N4/c1-12-5-4-6-13(11-12)23-17-22-10-9-16(25-17)24-15-8-3-2-7-14(15)18(19,20)21/h2-11H,1H3,(H2,22,23,24,25). The summed E-state index contributed by atoms with van der Waals surface area (Å²) < 4.78 is 39.2. The van der Waals surface area contributed by atoms with Crippen LogP contribution in [0.1, 0.15) is 11.1 Å². The molecule has 0 aliphatic heterocycles. The lowest BCUT2D eigenvalue weighted by Gasteiger charge is -2.14. The average molecular weight is 344 g/mol. The molecule has 2 N–H and O–H groups in total. The van der Waals surface area contributed by atoms with E-state index in [-0.39, 0.29) is 11.5 Å². The highest BCUT2D eigenvalue weighted by atomic mass is 19.4. The number of aryl methyl sites for hydroxylation is 1. The van der Waals surface area contributed by atoms with Crippen molar-refractivity contribution in [2.24, 2.45) is 0 Å². The first-order valence-corrected chi connectivity index (χ1v) is 7.52. The number of hydrogen-bond acceptors (Lipinski definition) is 4. The van der Waals surface area contributed by atoms with Crippen LogP contribution in [-0.4, -0.2) is 9.97 Å². The van der Waals surface area contributed by atoms with Gasteiger partial charge in [-0.15, -0.1) is 0 Å². The molecule has 2 aromatic carbocycles. The zero-order valence-corrected chi connectivity index (χ0v) is 13.3. The van der Waals surface area contributed by atoms with Gasteiger partial charge < -0.3 is 10.6 Å². The minimum atomic E-state index is -4.45. The summed E-state index contributed by atoms with van der Waals surface area (Å²) in [4.78, 5) is 8.31. The average Bonchev–Trinajstić information content (AvgIpc) is 2.55. The van der Waals surface area contributed by atoms with Crippen LogP contribution in [0.2, 0.25) is 0 Å². The van der Waals surface area contributed by atoms with Crippen molar-refractivity contribution in [3.05, 3.63) is 71.9 Å². The fraction of sp³-hybridized carbons (Fsp3) is 0.111. The van der Waals surface area contributed by atoms with Gasteiger partial charge in [0.2, 0.25) is 5.95 Å². The Bertz CT molecular complexity index is 878. The van der Waals surface area contributed by atoms with E-state index < -0.39 is 11.7 Å². The summed E-state index contributed by atoms with van der Waals surface area (Å²) in [5.41, 5.74) is 1.06. The second-order valence-corrected chi connectivity index (χ2v) is 5.43. The molecule has 0 unspecified atom stereocenters. The minimum Gasteiger partial charge on any atom is -0.340 e. The lowest BCUT2D eigenvalue weighted by atomic mass is 10.1. The molecule has 1 aromatic heterocycles. The Morgan fingerprint density at radius 1 is 0.920 bits per heavy atom. The van der Waals surface area contributed by atoms with E-state index in [9.17, 15) is 13.2 Å². The van der Waals surface area contributed by atoms with Crippen molar-refractivity contribution in [3.8, 4) is 0 Å². The summed E-state index contributed by atoms with van der Waals surface area (Å²) >= 11 is 0. The Labute approximate surface area is 142 Å². The molecular weight excluding hydrogens is 329 g/mol. The zero-order valence-electron chi connectivity index (χ0n) is 13.3. The first-order valence-electron chi connectivity index (χ1n) is 7.52. The number of nitrogens with zero attached hydrogens (tertiary/aromatic N) is 2. The third-order valence-electron chi connectivity index (χ3n) is 3.42. The number of hydrogen-bond donors (Lipinski definition) is 2. The van der Waals surface area contributed by atoms with E-state index in [0.29, 0.717) is 5.95 Å². The van der Waals surface area contributed by atoms with Gasteiger partial charge in [0.25, 0.3) is 0 Å². The number of anilines is 4. The maximum Gasteiger partial charge on any atom is 0.418 e. The van der Waals surface area contributed by atoms with E-state index in [1.807, 2.05) is 31.2 Å². The van der Waals surface area contributed by atoms with Crippen LogP contribution in [-0.2, 0) is 6.18 Å². The molecule has 3 rings (SSSR count). The Morgan fingerprint density at radius 2 is 1.72 bits per heavy atom. The van der Waals surface area contributed by atoms with Gasteiger partial charge in [-0.3, -0.25) is 0 Å². The lowest BCUT2D eigenvalue weighted by molar-refractivity contribution is -0.136. The lowest BCUT2D eigenvalue weighted by Crippen LogP contribution is -2.09. The summed E-state index contributed by atoms with van der Waals surface area (Å²) in [7, 11) is 0. The molecular formula is C18H15F3N4. The van der Waals surface area contributed by atoms with Crippen LogP contribution >= 0.6 is 0 Å². The molecule has 3 aromatic rings. The Hall–Kier alpha value is -3.09. The first kappa shape index (κ1) is 16.8. The van der Waals surface area contributed by atoms with Crippen LogP contribution < -0.4 is 10.6 Å². The van der Waals surface area contributed by atoms with Crippen LogP contribution in [0, 0.1) is 6.92 Å². The van der Waals surface area contributed by atoms with Crippen molar-refractivity contribution in [2.75, 3.05) is 10.6 Å². The zero-order chi connectivity index (χ0) is 17.9. The SMILES string of the molecule is Cc1cccc(Nc2nccc(Nc3ccccc3C(F)(F)F)n2)c1. The summed E-state index contributed by atoms with van der Waals surface area (Å²) in [6, 6.07) is 14.4. The van der Waals surface area contributed by atoms with Crippen LogP contribution in [0.3, 0.4) is 0 Å². The predicted octanol–water partition coefficient (Wildman–Crippen LogP) is 5.29. The quantitative estimate of drug-likeness (QED) is 0.675. The largest absolute Gasteiger partial charge is 0.418 e. The highest BCUT2D eigenvalue weighted by molar-refractivity contribution is 5.63. The summed E-state index contributed by atoms with van der Waals surface area (Å²) in [6.45, 7) is 1.96. The third-order valence-corrected chi connectivity index (χ3v) is 3.42. The molecule has 0 aliphatic rings. The van der Waals surface area contributed by atoms with Crippen molar-refractivity contribution < 1.29 is 13.2 Å². The molecule has 0 radical (unpaired) electrons. The molecule has 0 saturated heterocycles. The molecule has 0 atom stereocenters. The van der Waals surface area contributed by atoms with Gasteiger partial charge in [-0.05, 0) is 42.8 Å². The molecule has 0 fully saturated rings. The monoisotopic (exact) mass is 344 g/mol. The Balaban J connectivity index is 1.83. The fourth-order valence-electron chi connectivity index (χ4n) is 2.32. The van der Waals surface area contributed by atoms with Gasteiger partial charge in [0, 0.05) is 11.9 Å². The first-order chi connectivity index (χ1) is 11.9. The molecule has 0 bridgehead atoms. The normalized spacial score (nSPS) is 11.2. The maximum atomic E-state index is 13.1. The van der Waals surface area contributed by atoms with E-state index in [0.717, 1.165) is 17.3 Å². The number of halogens is 3. The van der Waals surface area contributed by atoms with E-state index in [1.54, 1.807) is 0 Å². The van der Waals surface area contributed by atoms with Crippen LogP contribution in [0.4, 0.5) is 36.3 Å². The van der Waals surface area contributed by atoms with Gasteiger partial charge in [0.1, 0.15) is 5.82 Å². The summed E-state index contributed by atoms with van der Waals surface area (Å²) in [5, 5.41) is 5.74. The molecule has 0 aliphatic carbocycles. The number of aromatic nitrogens is 2. The van der Waals surface area contributed by atoms with E-state index in [4.69, 9.17) is 0 Å². The summed E-state index contributed by atoms with van der Waals surface area (Å²) in [5.74, 6) is 0.557. The molecule has 25 heavy (non-hydrogen) atoms. The van der Waals surface area contributed by atoms with E-state index in [2.05, 4.69) is 20.6 Å². The number of para-hydroxylation sites is 1. The highest BCUT2D eigenvalue weighted by Crippen LogP contribution is 2.35. The number of nitrogens with one attached hydrogen (secondary N) is 2. The molecule has 128 valence electrons. The Morgan fingerprint density at radius 3 is 2.48 bits per heavy atom. The smallest absolute Gasteiger partial charge is 0.340 e. The van der Waals surface area contributed by atoms with Crippen LogP contribution in [0.25, 0.3) is 0 Å². The number of rotatable bonds is 4. The van der Waals surface area contributed by atoms with Gasteiger partial charge in [0.05, 0.1) is 11.3 Å². The second-order valence-electron chi connectivity index (χ2n) is 5.43. The molecule has 0 spiro atoms. The van der Waals surface area contributed by atoms with Gasteiger partial charge in [-0.2, -0.15) is 18.2 Å². The van der Waals surface area contributed by atoms with Gasteiger partial charge in [-0.25, -0.2) is 4.98 Å². The predicted molar refractivity (Wildman–Crippen MR) is 91.2 cm³/mol. The van der Waals surface area contributed by atoms with Crippen molar-refractivity contribution in [1.29, 1.82) is 0 Å². The fourth-order valence-corrected chi connectivity index (χ4v) is 2.32. The second kappa shape index (κ2) is 6.80. The van der Waals surface area contributed by atoms with E-state index >= 15 is 0 Å². The van der Waals surface area contributed by atoms with Gasteiger partial charge >= 0.3 is 6.18 Å². The van der Waals surface area contributed by atoms with Crippen LogP contribution in [0.15, 0.2) is 60.8 Å². The highest BCUT2D eigenvalue weighted by Gasteiger charge is 2.33. The van der Waals surface area contributed by atoms with Crippen molar-refractivity contribution in [3.63, 3.8) is 0 Å². The Kier molecular flexibility index (Phi) is 4.56. The number of benzene rings is 2. The maximum absolute atomic E-state index is 13.1. The topological polar surface area (TPSA) is 49.8 Å². The van der Waals surface area contributed by atoms with E-state index in [1.165, 1.54) is 30.5 Å². The molecule has 4 nitrogen and oxygen atoms in total. The third kappa shape index (κ3) is 4.26. The molecule has 0 saturated carbocycles. The number of alkyl halides is 3. The van der Waals surface area contributed by atoms with Crippen molar-refractivity contribution in [2.45, 2.75) is 13.1 Å². The van der Waals surface area contributed by atoms with Gasteiger partial charge in [-0.1, -0.05) is 24.3 Å². The summed E-state index contributed by atoms with van der Waals surface area (Å²) in [6.07, 6.45) is -2.97. The molecule has 7 heteroatoms. The van der Waals surface area contributed by atoms with Crippen molar-refractivity contribution in [1.82, 2.24) is 9.97 Å². The molecule has 1 heterocycles. The van der Waals surface area contributed by atoms with Gasteiger partial charge in [0.15, 0.2) is 0 Å². The minimum absolute atomic E-state index is 0.0600. The van der Waals surface area contributed by atoms with Crippen LogP contribution in [0.5, 0.6) is 0 Å². The van der Waals surface area contributed by atoms with Crippen molar-refractivity contribution >= 4 is 23.1 Å².